The SMILES string of the molecule is O=C(Nc1cccc(C(F)(F)F)c1)NC1COC2C1OCC2n1cc(-c2ccccc2)nn1. The lowest BCUT2D eigenvalue weighted by molar-refractivity contribution is -0.137. The molecule has 4 unspecified atom stereocenters. The van der Waals surface area contributed by atoms with Gasteiger partial charge < -0.3 is 20.1 Å². The van der Waals surface area contributed by atoms with Gasteiger partial charge in [-0.1, -0.05) is 41.6 Å². The highest BCUT2D eigenvalue weighted by Gasteiger charge is 2.49. The van der Waals surface area contributed by atoms with E-state index in [1.54, 1.807) is 4.68 Å². The Morgan fingerprint density at radius 1 is 1.03 bits per heavy atom. The molecule has 2 aliphatic rings. The summed E-state index contributed by atoms with van der Waals surface area (Å²) in [7, 11) is 0. The number of carbonyl (C=O) groups is 1. The van der Waals surface area contributed by atoms with Crippen molar-refractivity contribution >= 4 is 11.7 Å². The molecule has 4 atom stereocenters. The van der Waals surface area contributed by atoms with Gasteiger partial charge in [0.2, 0.25) is 0 Å². The van der Waals surface area contributed by atoms with E-state index in [0.29, 0.717) is 6.61 Å². The van der Waals surface area contributed by atoms with Crippen LogP contribution in [0.25, 0.3) is 11.3 Å². The lowest BCUT2D eigenvalue weighted by Crippen LogP contribution is -2.45. The van der Waals surface area contributed by atoms with Gasteiger partial charge in [-0.15, -0.1) is 5.10 Å². The number of halogens is 3. The van der Waals surface area contributed by atoms with Gasteiger partial charge in [-0.25, -0.2) is 9.48 Å². The van der Waals surface area contributed by atoms with E-state index in [9.17, 15) is 18.0 Å². The van der Waals surface area contributed by atoms with Gasteiger partial charge in [0.1, 0.15) is 23.9 Å². The van der Waals surface area contributed by atoms with Crippen LogP contribution in [0.4, 0.5) is 23.7 Å². The summed E-state index contributed by atoms with van der Waals surface area (Å²) in [6, 6.07) is 12.8. The third-order valence-corrected chi connectivity index (χ3v) is 5.71. The van der Waals surface area contributed by atoms with Crippen LogP contribution in [-0.2, 0) is 15.7 Å². The molecule has 1 aromatic heterocycles. The number of urea groups is 1. The third-order valence-electron chi connectivity index (χ3n) is 5.71. The summed E-state index contributed by atoms with van der Waals surface area (Å²) in [6.45, 7) is 0.544. The van der Waals surface area contributed by atoms with Crippen LogP contribution in [0.3, 0.4) is 0 Å². The molecule has 3 heterocycles. The van der Waals surface area contributed by atoms with Gasteiger partial charge in [0.25, 0.3) is 0 Å². The number of hydrogen-bond donors (Lipinski definition) is 2. The molecular formula is C22H20F3N5O3. The monoisotopic (exact) mass is 459 g/mol. The lowest BCUT2D eigenvalue weighted by Gasteiger charge is -2.18. The smallest absolute Gasteiger partial charge is 0.371 e. The first-order valence-corrected chi connectivity index (χ1v) is 10.3. The molecule has 0 saturated carbocycles. The van der Waals surface area contributed by atoms with E-state index < -0.39 is 29.9 Å². The number of alkyl halides is 3. The van der Waals surface area contributed by atoms with Gasteiger partial charge in [-0.2, -0.15) is 13.2 Å². The van der Waals surface area contributed by atoms with E-state index in [1.807, 2.05) is 36.5 Å². The molecule has 5 rings (SSSR count). The fourth-order valence-corrected chi connectivity index (χ4v) is 4.12. The quantitative estimate of drug-likeness (QED) is 0.624. The highest BCUT2D eigenvalue weighted by Crippen LogP contribution is 2.35. The molecule has 8 nitrogen and oxygen atoms in total. The fourth-order valence-electron chi connectivity index (χ4n) is 4.12. The van der Waals surface area contributed by atoms with E-state index in [1.165, 1.54) is 12.1 Å². The van der Waals surface area contributed by atoms with Crippen LogP contribution in [0.2, 0.25) is 0 Å². The second-order valence-corrected chi connectivity index (χ2v) is 7.90. The minimum Gasteiger partial charge on any atom is -0.371 e. The van der Waals surface area contributed by atoms with Crippen molar-refractivity contribution in [3.63, 3.8) is 0 Å². The number of ether oxygens (including phenoxy) is 2. The first-order valence-electron chi connectivity index (χ1n) is 10.3. The Hall–Kier alpha value is -3.44. The lowest BCUT2D eigenvalue weighted by atomic mass is 10.1. The fraction of sp³-hybridized carbons (Fsp3) is 0.318. The summed E-state index contributed by atoms with van der Waals surface area (Å²) in [6.07, 6.45) is -3.41. The van der Waals surface area contributed by atoms with Crippen LogP contribution >= 0.6 is 0 Å². The molecule has 2 aromatic carbocycles. The van der Waals surface area contributed by atoms with Crippen molar-refractivity contribution in [3.8, 4) is 11.3 Å². The summed E-state index contributed by atoms with van der Waals surface area (Å²) >= 11 is 0. The number of anilines is 1. The maximum absolute atomic E-state index is 12.9. The van der Waals surface area contributed by atoms with Crippen LogP contribution in [-0.4, -0.2) is 52.5 Å². The first-order chi connectivity index (χ1) is 15.9. The van der Waals surface area contributed by atoms with Crippen LogP contribution in [0, 0.1) is 0 Å². The Balaban J connectivity index is 1.21. The molecule has 0 radical (unpaired) electrons. The minimum atomic E-state index is -4.49. The molecule has 0 spiro atoms. The van der Waals surface area contributed by atoms with E-state index in [-0.39, 0.29) is 24.4 Å². The maximum Gasteiger partial charge on any atom is 0.416 e. The molecule has 2 amide bonds. The largest absolute Gasteiger partial charge is 0.416 e. The molecule has 0 aliphatic carbocycles. The highest BCUT2D eigenvalue weighted by atomic mass is 19.4. The van der Waals surface area contributed by atoms with Crippen molar-refractivity contribution in [1.82, 2.24) is 20.3 Å². The van der Waals surface area contributed by atoms with Crippen LogP contribution in [0.1, 0.15) is 11.6 Å². The first kappa shape index (κ1) is 21.4. The standard InChI is InChI=1S/C22H20F3N5O3/c23-22(24,25)14-7-4-8-15(9-14)26-21(31)27-17-11-32-20-18(12-33-19(17)20)30-10-16(28-29-30)13-5-2-1-3-6-13/h1-10,17-20H,11-12H2,(H2,26,27,31). The average Bonchev–Trinajstić information content (AvgIpc) is 3.52. The molecule has 3 aromatic rings. The van der Waals surface area contributed by atoms with Crippen molar-refractivity contribution in [2.75, 3.05) is 18.5 Å². The van der Waals surface area contributed by atoms with Gasteiger partial charge in [-0.3, -0.25) is 0 Å². The molecule has 2 saturated heterocycles. The molecule has 2 aliphatic heterocycles. The van der Waals surface area contributed by atoms with E-state index in [0.717, 1.165) is 23.4 Å². The predicted molar refractivity (Wildman–Crippen MR) is 111 cm³/mol. The Morgan fingerprint density at radius 3 is 2.61 bits per heavy atom. The van der Waals surface area contributed by atoms with Gasteiger partial charge in [0, 0.05) is 11.3 Å². The Morgan fingerprint density at radius 2 is 1.82 bits per heavy atom. The molecule has 2 N–H and O–H groups in total. The number of hydrogen-bond acceptors (Lipinski definition) is 5. The number of aromatic nitrogens is 3. The number of nitrogens with zero attached hydrogens (tertiary/aromatic N) is 3. The normalized spacial score (nSPS) is 24.5. The summed E-state index contributed by atoms with van der Waals surface area (Å²) in [5.41, 5.74) is 0.873. The van der Waals surface area contributed by atoms with Crippen LogP contribution < -0.4 is 10.6 Å². The van der Waals surface area contributed by atoms with Crippen LogP contribution in [0.5, 0.6) is 0 Å². The van der Waals surface area contributed by atoms with Crippen LogP contribution in [0.15, 0.2) is 60.8 Å². The number of carbonyl (C=O) groups excluding carboxylic acids is 1. The second-order valence-electron chi connectivity index (χ2n) is 7.90. The summed E-state index contributed by atoms with van der Waals surface area (Å²) in [5.74, 6) is 0. The minimum absolute atomic E-state index is 0.0408. The van der Waals surface area contributed by atoms with Crippen molar-refractivity contribution in [2.24, 2.45) is 0 Å². The van der Waals surface area contributed by atoms with E-state index >= 15 is 0 Å². The van der Waals surface area contributed by atoms with Crippen molar-refractivity contribution in [3.05, 3.63) is 66.4 Å². The molecule has 0 bridgehead atoms. The van der Waals surface area contributed by atoms with Gasteiger partial charge >= 0.3 is 12.2 Å². The number of benzene rings is 2. The Bertz CT molecular complexity index is 1140. The molecule has 33 heavy (non-hydrogen) atoms. The third kappa shape index (κ3) is 4.41. The van der Waals surface area contributed by atoms with Crippen molar-refractivity contribution < 1.29 is 27.4 Å². The highest BCUT2D eigenvalue weighted by molar-refractivity contribution is 5.89. The summed E-state index contributed by atoms with van der Waals surface area (Å²) in [5, 5.41) is 13.6. The van der Waals surface area contributed by atoms with Gasteiger partial charge in [0.15, 0.2) is 0 Å². The zero-order valence-corrected chi connectivity index (χ0v) is 17.2. The van der Waals surface area contributed by atoms with Crippen molar-refractivity contribution in [2.45, 2.75) is 30.5 Å². The average molecular weight is 459 g/mol. The predicted octanol–water partition coefficient (Wildman–Crippen LogP) is 3.49. The molecule has 172 valence electrons. The van der Waals surface area contributed by atoms with Gasteiger partial charge in [0.05, 0.1) is 31.0 Å². The topological polar surface area (TPSA) is 90.3 Å². The number of nitrogens with one attached hydrogen (secondary N) is 2. The molecular weight excluding hydrogens is 439 g/mol. The van der Waals surface area contributed by atoms with E-state index in [4.69, 9.17) is 9.47 Å². The second kappa shape index (κ2) is 8.49. The Kier molecular flexibility index (Phi) is 5.51. The number of amides is 2. The number of rotatable bonds is 4. The summed E-state index contributed by atoms with van der Waals surface area (Å²) < 4.78 is 52.1. The van der Waals surface area contributed by atoms with Gasteiger partial charge in [-0.05, 0) is 18.2 Å². The summed E-state index contributed by atoms with van der Waals surface area (Å²) in [4.78, 5) is 12.4. The zero-order chi connectivity index (χ0) is 23.0. The van der Waals surface area contributed by atoms with E-state index in [2.05, 4.69) is 20.9 Å². The molecule has 2 fully saturated rings. The zero-order valence-electron chi connectivity index (χ0n) is 17.2. The molecule has 11 heteroatoms. The van der Waals surface area contributed by atoms with Crippen molar-refractivity contribution in [1.29, 1.82) is 0 Å². The maximum atomic E-state index is 12.9. The number of fused-ring (bicyclic) bond motifs is 1. The Labute approximate surface area is 186 Å².